The molecule has 0 amide bonds. The van der Waals surface area contributed by atoms with Crippen molar-refractivity contribution < 1.29 is 4.39 Å². The van der Waals surface area contributed by atoms with E-state index in [0.29, 0.717) is 0 Å². The summed E-state index contributed by atoms with van der Waals surface area (Å²) in [6.07, 6.45) is 22.3. The summed E-state index contributed by atoms with van der Waals surface area (Å²) in [5, 5.41) is 0. The van der Waals surface area contributed by atoms with Crippen LogP contribution in [0.2, 0.25) is 6.04 Å². The Morgan fingerprint density at radius 1 is 0.556 bits per heavy atom. The van der Waals surface area contributed by atoms with Gasteiger partial charge in [-0.1, -0.05) is 116 Å². The van der Waals surface area contributed by atoms with E-state index in [9.17, 15) is 4.39 Å². The van der Waals surface area contributed by atoms with E-state index >= 15 is 0 Å². The quantitative estimate of drug-likeness (QED) is 0.0905. The number of rotatable bonds is 21. The maximum absolute atomic E-state index is 13.9. The lowest BCUT2D eigenvalue weighted by Crippen LogP contribution is -2.07. The molecule has 0 bridgehead atoms. The van der Waals surface area contributed by atoms with Crippen molar-refractivity contribution in [1.82, 2.24) is 0 Å². The molecule has 0 fully saturated rings. The van der Waals surface area contributed by atoms with Gasteiger partial charge in [-0.15, -0.1) is 33.2 Å². The highest BCUT2D eigenvalue weighted by Gasteiger charge is 2.23. The summed E-state index contributed by atoms with van der Waals surface area (Å²) < 4.78 is 13.9. The molecule has 0 aliphatic carbocycles. The smallest absolute Gasteiger partial charge is 0.247 e. The standard InChI is InChI=1S/C22H44Cl3FSi/c1-2-3-4-5-6-7-8-9-10-11-13-16-19-22(26)20-17-14-12-15-18-21-27(23,24)25/h22H,2-21H2,1H3. The van der Waals surface area contributed by atoms with Crippen LogP contribution in [0.4, 0.5) is 4.39 Å². The van der Waals surface area contributed by atoms with Gasteiger partial charge in [-0.05, 0) is 18.9 Å². The van der Waals surface area contributed by atoms with E-state index in [1.165, 1.54) is 70.6 Å². The first-order valence-corrected chi connectivity index (χ1v) is 16.9. The Hall–Kier alpha value is 1.02. The molecule has 0 heterocycles. The van der Waals surface area contributed by atoms with Crippen molar-refractivity contribution in [2.45, 2.75) is 141 Å². The predicted octanol–water partition coefficient (Wildman–Crippen LogP) is 10.4. The van der Waals surface area contributed by atoms with Gasteiger partial charge in [0.1, 0.15) is 6.17 Å². The van der Waals surface area contributed by atoms with Crippen molar-refractivity contribution in [2.75, 3.05) is 0 Å². The SMILES string of the molecule is CCCCCCCCCCCCCCC(F)CCCCCCC[Si](Cl)(Cl)Cl. The van der Waals surface area contributed by atoms with Crippen molar-refractivity contribution in [3.63, 3.8) is 0 Å². The first-order chi connectivity index (χ1) is 13.0. The fraction of sp³-hybridized carbons (Fsp3) is 1.00. The lowest BCUT2D eigenvalue weighted by molar-refractivity contribution is 0.279. The van der Waals surface area contributed by atoms with Gasteiger partial charge in [-0.2, -0.15) is 0 Å². The van der Waals surface area contributed by atoms with Crippen LogP contribution in [0.1, 0.15) is 129 Å². The Bertz CT molecular complexity index is 298. The number of hydrogen-bond acceptors (Lipinski definition) is 0. The van der Waals surface area contributed by atoms with Crippen LogP contribution in [0.3, 0.4) is 0 Å². The Balaban J connectivity index is 3.18. The Morgan fingerprint density at radius 2 is 0.889 bits per heavy atom. The number of alkyl halides is 1. The first-order valence-electron chi connectivity index (χ1n) is 11.7. The van der Waals surface area contributed by atoms with Crippen LogP contribution in [-0.4, -0.2) is 12.2 Å². The maximum atomic E-state index is 13.9. The van der Waals surface area contributed by atoms with Crippen molar-refractivity contribution >= 4 is 39.2 Å². The van der Waals surface area contributed by atoms with Crippen LogP contribution in [0.15, 0.2) is 0 Å². The lowest BCUT2D eigenvalue weighted by Gasteiger charge is -2.09. The van der Waals surface area contributed by atoms with Crippen molar-refractivity contribution in [1.29, 1.82) is 0 Å². The van der Waals surface area contributed by atoms with E-state index < -0.39 is 12.2 Å². The zero-order chi connectivity index (χ0) is 20.2. The van der Waals surface area contributed by atoms with E-state index in [0.717, 1.165) is 57.4 Å². The topological polar surface area (TPSA) is 0 Å². The molecule has 1 atom stereocenters. The summed E-state index contributed by atoms with van der Waals surface area (Å²) in [5.74, 6) is 0. The molecule has 5 heteroatoms. The molecule has 0 aliphatic rings. The molecule has 0 aliphatic heterocycles. The second-order valence-electron chi connectivity index (χ2n) is 8.20. The summed E-state index contributed by atoms with van der Waals surface area (Å²) in [6, 6.07) is -1.67. The maximum Gasteiger partial charge on any atom is 0.341 e. The minimum Gasteiger partial charge on any atom is -0.247 e. The molecule has 0 N–H and O–H groups in total. The third-order valence-electron chi connectivity index (χ3n) is 5.35. The Labute approximate surface area is 184 Å². The Kier molecular flexibility index (Phi) is 21.1. The van der Waals surface area contributed by atoms with E-state index in [1.807, 2.05) is 0 Å². The molecule has 1 unspecified atom stereocenters. The first kappa shape index (κ1) is 28.0. The minimum atomic E-state index is -2.43. The Morgan fingerprint density at radius 3 is 1.26 bits per heavy atom. The van der Waals surface area contributed by atoms with Crippen LogP contribution in [-0.2, 0) is 0 Å². The second kappa shape index (κ2) is 20.3. The molecular weight excluding hydrogens is 418 g/mol. The van der Waals surface area contributed by atoms with E-state index in [4.69, 9.17) is 33.2 Å². The highest BCUT2D eigenvalue weighted by Crippen LogP contribution is 2.27. The lowest BCUT2D eigenvalue weighted by atomic mass is 10.0. The van der Waals surface area contributed by atoms with Crippen LogP contribution < -0.4 is 0 Å². The average molecular weight is 462 g/mol. The van der Waals surface area contributed by atoms with Crippen molar-refractivity contribution in [2.24, 2.45) is 0 Å². The van der Waals surface area contributed by atoms with Gasteiger partial charge in [-0.25, -0.2) is 4.39 Å². The summed E-state index contributed by atoms with van der Waals surface area (Å²) >= 11 is 17.6. The largest absolute Gasteiger partial charge is 0.341 e. The summed E-state index contributed by atoms with van der Waals surface area (Å²) in [5.41, 5.74) is 0. The minimum absolute atomic E-state index is 0.596. The number of unbranched alkanes of at least 4 members (excludes halogenated alkanes) is 15. The molecule has 27 heavy (non-hydrogen) atoms. The van der Waals surface area contributed by atoms with Gasteiger partial charge in [0.15, 0.2) is 0 Å². The molecule has 164 valence electrons. The monoisotopic (exact) mass is 460 g/mol. The van der Waals surface area contributed by atoms with Gasteiger partial charge in [0.25, 0.3) is 0 Å². The number of halogens is 4. The summed E-state index contributed by atoms with van der Waals surface area (Å²) in [6.45, 7) is 2.27. The van der Waals surface area contributed by atoms with Gasteiger partial charge >= 0.3 is 6.00 Å². The third kappa shape index (κ3) is 25.0. The zero-order valence-corrected chi connectivity index (χ0v) is 21.0. The van der Waals surface area contributed by atoms with E-state index in [2.05, 4.69) is 6.92 Å². The molecule has 0 rings (SSSR count). The summed E-state index contributed by atoms with van der Waals surface area (Å²) in [4.78, 5) is 0. The fourth-order valence-corrected chi connectivity index (χ4v) is 5.43. The summed E-state index contributed by atoms with van der Waals surface area (Å²) in [7, 11) is 0. The molecule has 0 saturated carbocycles. The molecule has 0 nitrogen and oxygen atoms in total. The molecule has 0 saturated heterocycles. The van der Waals surface area contributed by atoms with Gasteiger partial charge in [0.05, 0.1) is 0 Å². The molecule has 0 radical (unpaired) electrons. The van der Waals surface area contributed by atoms with Gasteiger partial charge in [0.2, 0.25) is 0 Å². The van der Waals surface area contributed by atoms with Crippen LogP contribution in [0.25, 0.3) is 0 Å². The molecule has 0 aromatic heterocycles. The normalized spacial score (nSPS) is 13.2. The predicted molar refractivity (Wildman–Crippen MR) is 126 cm³/mol. The van der Waals surface area contributed by atoms with Gasteiger partial charge in [0, 0.05) is 0 Å². The van der Waals surface area contributed by atoms with Crippen LogP contribution in [0, 0.1) is 0 Å². The van der Waals surface area contributed by atoms with Crippen LogP contribution in [0.5, 0.6) is 0 Å². The molecule has 0 aromatic rings. The molecule has 0 aromatic carbocycles. The highest BCUT2D eigenvalue weighted by molar-refractivity contribution is 7.64. The second-order valence-corrected chi connectivity index (χ2v) is 17.5. The van der Waals surface area contributed by atoms with Crippen LogP contribution >= 0.6 is 33.2 Å². The van der Waals surface area contributed by atoms with Crippen molar-refractivity contribution in [3.8, 4) is 0 Å². The highest BCUT2D eigenvalue weighted by atomic mass is 35.8. The van der Waals surface area contributed by atoms with Gasteiger partial charge in [-0.3, -0.25) is 0 Å². The van der Waals surface area contributed by atoms with Crippen molar-refractivity contribution in [3.05, 3.63) is 0 Å². The fourth-order valence-electron chi connectivity index (χ4n) is 3.57. The zero-order valence-electron chi connectivity index (χ0n) is 17.7. The molecular formula is C22H44Cl3FSi. The van der Waals surface area contributed by atoms with Gasteiger partial charge < -0.3 is 0 Å². The van der Waals surface area contributed by atoms with E-state index in [-0.39, 0.29) is 0 Å². The molecule has 0 spiro atoms. The van der Waals surface area contributed by atoms with E-state index in [1.54, 1.807) is 0 Å². The third-order valence-corrected chi connectivity index (χ3v) is 7.97. The average Bonchev–Trinajstić information content (AvgIpc) is 2.61. The number of hydrogen-bond donors (Lipinski definition) is 0.